The SMILES string of the molecule is C[C@@H](Nc1cc(C2=CCN(C3CCCN(CCC(=O)O)C3)CC2)ccc1Cl)c1ccc(Cl)cc1Cl. The second-order valence-electron chi connectivity index (χ2n) is 9.44. The summed E-state index contributed by atoms with van der Waals surface area (Å²) in [6.45, 7) is 6.57. The van der Waals surface area contributed by atoms with Crippen molar-refractivity contribution < 1.29 is 9.90 Å². The Morgan fingerprint density at radius 1 is 1.14 bits per heavy atom. The van der Waals surface area contributed by atoms with Gasteiger partial charge in [-0.3, -0.25) is 9.69 Å². The number of likely N-dealkylation sites (tertiary alicyclic amines) is 1. The van der Waals surface area contributed by atoms with E-state index in [0.29, 0.717) is 27.7 Å². The van der Waals surface area contributed by atoms with Crippen molar-refractivity contribution in [2.45, 2.75) is 44.7 Å². The molecule has 2 N–H and O–H groups in total. The van der Waals surface area contributed by atoms with Crippen molar-refractivity contribution in [1.82, 2.24) is 9.80 Å². The number of carbonyl (C=O) groups is 1. The molecule has 2 heterocycles. The zero-order valence-corrected chi connectivity index (χ0v) is 22.2. The van der Waals surface area contributed by atoms with Gasteiger partial charge < -0.3 is 15.3 Å². The quantitative estimate of drug-likeness (QED) is 0.386. The number of hydrogen-bond donors (Lipinski definition) is 2. The Hall–Kier alpha value is -1.76. The lowest BCUT2D eigenvalue weighted by Crippen LogP contribution is -2.49. The predicted octanol–water partition coefficient (Wildman–Crippen LogP) is 6.85. The Balaban J connectivity index is 1.40. The van der Waals surface area contributed by atoms with E-state index in [-0.39, 0.29) is 12.5 Å². The van der Waals surface area contributed by atoms with E-state index in [1.54, 1.807) is 6.07 Å². The summed E-state index contributed by atoms with van der Waals surface area (Å²) >= 11 is 19.0. The van der Waals surface area contributed by atoms with E-state index in [2.05, 4.69) is 40.2 Å². The van der Waals surface area contributed by atoms with Gasteiger partial charge in [0.25, 0.3) is 0 Å². The van der Waals surface area contributed by atoms with E-state index in [9.17, 15) is 4.79 Å². The zero-order valence-electron chi connectivity index (χ0n) is 19.9. The number of rotatable bonds is 8. The summed E-state index contributed by atoms with van der Waals surface area (Å²) in [5.41, 5.74) is 4.36. The summed E-state index contributed by atoms with van der Waals surface area (Å²) in [4.78, 5) is 15.8. The number of anilines is 1. The predicted molar refractivity (Wildman–Crippen MR) is 146 cm³/mol. The maximum Gasteiger partial charge on any atom is 0.304 e. The number of piperidine rings is 1. The third kappa shape index (κ3) is 6.93. The topological polar surface area (TPSA) is 55.8 Å². The Morgan fingerprint density at radius 2 is 1.97 bits per heavy atom. The van der Waals surface area contributed by atoms with Gasteiger partial charge in [0.1, 0.15) is 0 Å². The normalized spacial score (nSPS) is 20.3. The first-order chi connectivity index (χ1) is 16.8. The lowest BCUT2D eigenvalue weighted by Gasteiger charge is -2.40. The lowest BCUT2D eigenvalue weighted by atomic mass is 9.96. The van der Waals surface area contributed by atoms with Gasteiger partial charge in [0.2, 0.25) is 0 Å². The van der Waals surface area contributed by atoms with E-state index in [0.717, 1.165) is 50.3 Å². The average Bonchev–Trinajstić information content (AvgIpc) is 2.84. The molecule has 2 aliphatic rings. The molecule has 8 heteroatoms. The first-order valence-corrected chi connectivity index (χ1v) is 13.3. The van der Waals surface area contributed by atoms with E-state index >= 15 is 0 Å². The molecular formula is C27H32Cl3N3O2. The summed E-state index contributed by atoms with van der Waals surface area (Å²) in [6, 6.07) is 12.2. The lowest BCUT2D eigenvalue weighted by molar-refractivity contribution is -0.137. The fourth-order valence-corrected chi connectivity index (χ4v) is 5.81. The molecule has 1 saturated heterocycles. The molecule has 35 heavy (non-hydrogen) atoms. The molecule has 0 spiro atoms. The maximum atomic E-state index is 10.9. The molecule has 1 unspecified atom stereocenters. The minimum absolute atomic E-state index is 0.0290. The first kappa shape index (κ1) is 26.3. The van der Waals surface area contributed by atoms with Crippen molar-refractivity contribution in [3.05, 3.63) is 68.7 Å². The van der Waals surface area contributed by atoms with Crippen molar-refractivity contribution >= 4 is 52.0 Å². The molecule has 2 atom stereocenters. The van der Waals surface area contributed by atoms with Gasteiger partial charge in [-0.25, -0.2) is 0 Å². The third-order valence-corrected chi connectivity index (χ3v) is 7.91. The Morgan fingerprint density at radius 3 is 2.69 bits per heavy atom. The van der Waals surface area contributed by atoms with E-state index in [1.807, 2.05) is 18.2 Å². The number of hydrogen-bond acceptors (Lipinski definition) is 4. The van der Waals surface area contributed by atoms with Crippen LogP contribution in [0.5, 0.6) is 0 Å². The molecule has 0 saturated carbocycles. The number of nitrogens with zero attached hydrogens (tertiary/aromatic N) is 2. The zero-order chi connectivity index (χ0) is 24.9. The van der Waals surface area contributed by atoms with Crippen LogP contribution in [0.1, 0.15) is 49.8 Å². The largest absolute Gasteiger partial charge is 0.481 e. The molecule has 0 amide bonds. The second-order valence-corrected chi connectivity index (χ2v) is 10.7. The summed E-state index contributed by atoms with van der Waals surface area (Å²) < 4.78 is 0. The molecular weight excluding hydrogens is 505 g/mol. The number of benzene rings is 2. The Bertz CT molecular complexity index is 1090. The summed E-state index contributed by atoms with van der Waals surface area (Å²) in [5, 5.41) is 14.4. The van der Waals surface area contributed by atoms with E-state index in [4.69, 9.17) is 39.9 Å². The fraction of sp³-hybridized carbons (Fsp3) is 0.444. The monoisotopic (exact) mass is 535 g/mol. The van der Waals surface area contributed by atoms with Gasteiger partial charge in [-0.2, -0.15) is 0 Å². The van der Waals surface area contributed by atoms with Crippen molar-refractivity contribution in [3.8, 4) is 0 Å². The summed E-state index contributed by atoms with van der Waals surface area (Å²) in [5.74, 6) is -0.722. The van der Waals surface area contributed by atoms with Gasteiger partial charge in [0.05, 0.1) is 23.2 Å². The standard InChI is InChI=1S/C27H32Cl3N3O2/c1-18(23-6-5-21(28)16-25(23)30)31-26-15-20(4-7-24(26)29)19-8-13-33(14-9-19)22-3-2-11-32(17-22)12-10-27(34)35/h4-8,15-16,18,22,31H,2-3,9-14,17H2,1H3,(H,34,35)/t18-,22?/m1/s1. The number of nitrogens with one attached hydrogen (secondary N) is 1. The number of aliphatic carboxylic acids is 1. The number of carboxylic acids is 1. The average molecular weight is 537 g/mol. The van der Waals surface area contributed by atoms with Crippen molar-refractivity contribution in [3.63, 3.8) is 0 Å². The molecule has 0 aliphatic carbocycles. The molecule has 0 bridgehead atoms. The smallest absolute Gasteiger partial charge is 0.304 e. The van der Waals surface area contributed by atoms with Crippen LogP contribution in [0.15, 0.2) is 42.5 Å². The molecule has 0 aromatic heterocycles. The van der Waals surface area contributed by atoms with Crippen molar-refractivity contribution in [2.24, 2.45) is 0 Å². The molecule has 5 nitrogen and oxygen atoms in total. The van der Waals surface area contributed by atoms with Crippen LogP contribution in [0.25, 0.3) is 5.57 Å². The minimum Gasteiger partial charge on any atom is -0.481 e. The van der Waals surface area contributed by atoms with Gasteiger partial charge >= 0.3 is 5.97 Å². The van der Waals surface area contributed by atoms with Crippen LogP contribution >= 0.6 is 34.8 Å². The third-order valence-electron chi connectivity index (χ3n) is 7.02. The van der Waals surface area contributed by atoms with Crippen LogP contribution < -0.4 is 5.32 Å². The van der Waals surface area contributed by atoms with Crippen LogP contribution in [-0.2, 0) is 4.79 Å². The van der Waals surface area contributed by atoms with Gasteiger partial charge in [-0.05, 0) is 73.7 Å². The molecule has 4 rings (SSSR count). The molecule has 1 fully saturated rings. The summed E-state index contributed by atoms with van der Waals surface area (Å²) in [7, 11) is 0. The van der Waals surface area contributed by atoms with Gasteiger partial charge in [0, 0.05) is 42.3 Å². The van der Waals surface area contributed by atoms with Gasteiger partial charge in [0.15, 0.2) is 0 Å². The van der Waals surface area contributed by atoms with Crippen molar-refractivity contribution in [1.29, 1.82) is 0 Å². The molecule has 188 valence electrons. The van der Waals surface area contributed by atoms with Gasteiger partial charge in [-0.1, -0.05) is 53.0 Å². The molecule has 2 aromatic carbocycles. The van der Waals surface area contributed by atoms with Crippen LogP contribution in [0, 0.1) is 0 Å². The highest BCUT2D eigenvalue weighted by atomic mass is 35.5. The number of halogens is 3. The van der Waals surface area contributed by atoms with Gasteiger partial charge in [-0.15, -0.1) is 0 Å². The van der Waals surface area contributed by atoms with E-state index in [1.165, 1.54) is 17.6 Å². The first-order valence-electron chi connectivity index (χ1n) is 12.2. The highest BCUT2D eigenvalue weighted by Crippen LogP contribution is 2.34. The second kappa shape index (κ2) is 12.0. The Labute approximate surface area is 222 Å². The minimum atomic E-state index is -0.722. The van der Waals surface area contributed by atoms with Crippen LogP contribution in [0.4, 0.5) is 5.69 Å². The number of carboxylic acid groups (broad SMARTS) is 1. The van der Waals surface area contributed by atoms with E-state index < -0.39 is 5.97 Å². The fourth-order valence-electron chi connectivity index (χ4n) is 5.06. The van der Waals surface area contributed by atoms with Crippen LogP contribution in [-0.4, -0.2) is 59.6 Å². The maximum absolute atomic E-state index is 10.9. The highest BCUT2D eigenvalue weighted by Gasteiger charge is 2.27. The highest BCUT2D eigenvalue weighted by molar-refractivity contribution is 6.35. The summed E-state index contributed by atoms with van der Waals surface area (Å²) in [6.07, 6.45) is 5.82. The molecule has 2 aliphatic heterocycles. The van der Waals surface area contributed by atoms with Crippen LogP contribution in [0.2, 0.25) is 15.1 Å². The molecule has 0 radical (unpaired) electrons. The molecule has 2 aromatic rings. The Kier molecular flexibility index (Phi) is 9.01. The van der Waals surface area contributed by atoms with Crippen molar-refractivity contribution in [2.75, 3.05) is 38.0 Å². The van der Waals surface area contributed by atoms with Crippen LogP contribution in [0.3, 0.4) is 0 Å².